The van der Waals surface area contributed by atoms with Crippen LogP contribution in [0.1, 0.15) is 11.5 Å². The highest BCUT2D eigenvalue weighted by atomic mass is 16.6. The molecule has 0 aromatic heterocycles. The van der Waals surface area contributed by atoms with Gasteiger partial charge in [0.2, 0.25) is 5.91 Å². The lowest BCUT2D eigenvalue weighted by Gasteiger charge is -2.16. The number of non-ortho nitro benzene ring substituents is 1. The summed E-state index contributed by atoms with van der Waals surface area (Å²) < 4.78 is 5.15. The van der Waals surface area contributed by atoms with Gasteiger partial charge in [0.1, 0.15) is 5.75 Å². The van der Waals surface area contributed by atoms with Gasteiger partial charge < -0.3 is 15.8 Å². The SMILES string of the molecule is COc1cc([N+](=O)[O-])ccc1NC(=O)CN1C[C@@H](N)[C@H](c2ccccc2)C1. The van der Waals surface area contributed by atoms with Crippen LogP contribution in [0.3, 0.4) is 0 Å². The minimum Gasteiger partial charge on any atom is -0.494 e. The van der Waals surface area contributed by atoms with Crippen molar-refractivity contribution in [3.63, 3.8) is 0 Å². The molecule has 2 aromatic carbocycles. The molecule has 1 aliphatic rings. The molecule has 8 nitrogen and oxygen atoms in total. The summed E-state index contributed by atoms with van der Waals surface area (Å²) in [6.07, 6.45) is 0. The first-order valence-corrected chi connectivity index (χ1v) is 8.63. The third-order valence-electron chi connectivity index (χ3n) is 4.71. The first kappa shape index (κ1) is 18.8. The van der Waals surface area contributed by atoms with Crippen molar-refractivity contribution in [1.29, 1.82) is 0 Å². The highest BCUT2D eigenvalue weighted by Gasteiger charge is 2.32. The van der Waals surface area contributed by atoms with E-state index in [9.17, 15) is 14.9 Å². The lowest BCUT2D eigenvalue weighted by molar-refractivity contribution is -0.384. The number of nitrogens with two attached hydrogens (primary N) is 1. The van der Waals surface area contributed by atoms with Crippen molar-refractivity contribution in [3.05, 3.63) is 64.2 Å². The van der Waals surface area contributed by atoms with Crippen molar-refractivity contribution in [1.82, 2.24) is 4.90 Å². The molecule has 2 aromatic rings. The second-order valence-corrected chi connectivity index (χ2v) is 6.56. The van der Waals surface area contributed by atoms with Gasteiger partial charge in [0.25, 0.3) is 5.69 Å². The monoisotopic (exact) mass is 370 g/mol. The number of carbonyl (C=O) groups is 1. The molecule has 0 aliphatic carbocycles. The van der Waals surface area contributed by atoms with Gasteiger partial charge >= 0.3 is 0 Å². The van der Waals surface area contributed by atoms with Crippen LogP contribution in [0, 0.1) is 10.1 Å². The van der Waals surface area contributed by atoms with Gasteiger partial charge in [-0.05, 0) is 11.6 Å². The number of methoxy groups -OCH3 is 1. The van der Waals surface area contributed by atoms with E-state index >= 15 is 0 Å². The Morgan fingerprint density at radius 2 is 2.04 bits per heavy atom. The molecule has 27 heavy (non-hydrogen) atoms. The smallest absolute Gasteiger partial charge is 0.273 e. The normalized spacial score (nSPS) is 19.6. The number of nitro groups is 1. The Morgan fingerprint density at radius 3 is 2.70 bits per heavy atom. The van der Waals surface area contributed by atoms with E-state index in [4.69, 9.17) is 10.5 Å². The quantitative estimate of drug-likeness (QED) is 0.594. The number of hydrogen-bond acceptors (Lipinski definition) is 6. The van der Waals surface area contributed by atoms with Crippen LogP contribution < -0.4 is 15.8 Å². The maximum absolute atomic E-state index is 12.4. The molecular weight excluding hydrogens is 348 g/mol. The molecule has 0 bridgehead atoms. The minimum atomic E-state index is -0.510. The van der Waals surface area contributed by atoms with Crippen LogP contribution in [0.4, 0.5) is 11.4 Å². The summed E-state index contributed by atoms with van der Waals surface area (Å²) in [6.45, 7) is 1.53. The molecule has 142 valence electrons. The van der Waals surface area contributed by atoms with E-state index in [2.05, 4.69) is 17.4 Å². The predicted molar refractivity (Wildman–Crippen MR) is 102 cm³/mol. The van der Waals surface area contributed by atoms with Crippen LogP contribution in [0.15, 0.2) is 48.5 Å². The molecule has 2 atom stereocenters. The summed E-state index contributed by atoms with van der Waals surface area (Å²) in [7, 11) is 1.40. The third kappa shape index (κ3) is 4.42. The second-order valence-electron chi connectivity index (χ2n) is 6.56. The number of hydrogen-bond donors (Lipinski definition) is 2. The number of ether oxygens (including phenoxy) is 1. The van der Waals surface area contributed by atoms with Crippen LogP contribution in [0.5, 0.6) is 5.75 Å². The summed E-state index contributed by atoms with van der Waals surface area (Å²) in [4.78, 5) is 24.8. The van der Waals surface area contributed by atoms with E-state index < -0.39 is 4.92 Å². The number of nitrogens with one attached hydrogen (secondary N) is 1. The van der Waals surface area contributed by atoms with Crippen molar-refractivity contribution in [2.75, 3.05) is 32.1 Å². The molecule has 8 heteroatoms. The molecule has 0 saturated carbocycles. The zero-order valence-corrected chi connectivity index (χ0v) is 15.0. The molecule has 0 unspecified atom stereocenters. The molecule has 1 saturated heterocycles. The van der Waals surface area contributed by atoms with Gasteiger partial charge in [-0.1, -0.05) is 30.3 Å². The molecule has 3 N–H and O–H groups in total. The lowest BCUT2D eigenvalue weighted by atomic mass is 9.95. The fourth-order valence-corrected chi connectivity index (χ4v) is 3.38. The molecule has 1 heterocycles. The average Bonchev–Trinajstić information content (AvgIpc) is 3.02. The highest BCUT2D eigenvalue weighted by molar-refractivity contribution is 5.94. The maximum atomic E-state index is 12.4. The van der Waals surface area contributed by atoms with Crippen LogP contribution in [-0.2, 0) is 4.79 Å². The Morgan fingerprint density at radius 1 is 1.30 bits per heavy atom. The van der Waals surface area contributed by atoms with Crippen LogP contribution >= 0.6 is 0 Å². The van der Waals surface area contributed by atoms with Gasteiger partial charge in [0.15, 0.2) is 0 Å². The summed E-state index contributed by atoms with van der Waals surface area (Å²) in [5, 5.41) is 13.6. The van der Waals surface area contributed by atoms with Gasteiger partial charge in [-0.25, -0.2) is 0 Å². The van der Waals surface area contributed by atoms with E-state index in [0.717, 1.165) is 0 Å². The van der Waals surface area contributed by atoms with Gasteiger partial charge in [-0.3, -0.25) is 19.8 Å². The number of rotatable bonds is 6. The molecule has 1 amide bonds. The standard InChI is InChI=1S/C19H22N4O4/c1-27-18-9-14(23(25)26)7-8-17(18)21-19(24)12-22-10-15(16(20)11-22)13-5-3-2-4-6-13/h2-9,15-16H,10-12,20H2,1H3,(H,21,24)/t15-,16+/m0/s1. The molecule has 0 radical (unpaired) electrons. The van der Waals surface area contributed by atoms with Crippen molar-refractivity contribution < 1.29 is 14.5 Å². The first-order chi connectivity index (χ1) is 13.0. The van der Waals surface area contributed by atoms with Crippen molar-refractivity contribution >= 4 is 17.3 Å². The average molecular weight is 370 g/mol. The fraction of sp³-hybridized carbons (Fsp3) is 0.316. The number of anilines is 1. The Kier molecular flexibility index (Phi) is 5.68. The van der Waals surface area contributed by atoms with Crippen molar-refractivity contribution in [2.45, 2.75) is 12.0 Å². The van der Waals surface area contributed by atoms with Gasteiger partial charge in [0, 0.05) is 31.1 Å². The fourth-order valence-electron chi connectivity index (χ4n) is 3.38. The molecule has 1 fully saturated rings. The lowest BCUT2D eigenvalue weighted by Crippen LogP contribution is -2.33. The van der Waals surface area contributed by atoms with E-state index in [0.29, 0.717) is 18.8 Å². The minimum absolute atomic E-state index is 0.0332. The first-order valence-electron chi connectivity index (χ1n) is 8.63. The Hall–Kier alpha value is -2.97. The number of likely N-dealkylation sites (tertiary alicyclic amines) is 1. The van der Waals surface area contributed by atoms with Gasteiger partial charge in [-0.2, -0.15) is 0 Å². The third-order valence-corrected chi connectivity index (χ3v) is 4.71. The number of carbonyl (C=O) groups excluding carboxylic acids is 1. The summed E-state index contributed by atoms with van der Waals surface area (Å²) in [5.41, 5.74) is 7.74. The Labute approximate surface area is 157 Å². The number of nitro benzene ring substituents is 1. The van der Waals surface area contributed by atoms with E-state index in [1.165, 1.54) is 30.9 Å². The zero-order chi connectivity index (χ0) is 19.4. The van der Waals surface area contributed by atoms with Crippen molar-refractivity contribution in [2.24, 2.45) is 5.73 Å². The molecule has 3 rings (SSSR count). The largest absolute Gasteiger partial charge is 0.494 e. The number of nitrogens with zero attached hydrogens (tertiary/aromatic N) is 2. The summed E-state index contributed by atoms with van der Waals surface area (Å²) >= 11 is 0. The Balaban J connectivity index is 1.62. The highest BCUT2D eigenvalue weighted by Crippen LogP contribution is 2.29. The maximum Gasteiger partial charge on any atom is 0.273 e. The van der Waals surface area contributed by atoms with Crippen LogP contribution in [0.2, 0.25) is 0 Å². The second kappa shape index (κ2) is 8.15. The molecule has 0 spiro atoms. The van der Waals surface area contributed by atoms with Gasteiger partial charge in [0.05, 0.1) is 30.3 Å². The number of benzene rings is 2. The topological polar surface area (TPSA) is 111 Å². The van der Waals surface area contributed by atoms with E-state index in [1.807, 2.05) is 23.1 Å². The van der Waals surface area contributed by atoms with Crippen molar-refractivity contribution in [3.8, 4) is 5.75 Å². The summed E-state index contributed by atoms with van der Waals surface area (Å²) in [6, 6.07) is 14.1. The Bertz CT molecular complexity index is 828. The number of amides is 1. The summed E-state index contributed by atoms with van der Waals surface area (Å²) in [5.74, 6) is 0.216. The zero-order valence-electron chi connectivity index (χ0n) is 15.0. The van der Waals surface area contributed by atoms with Crippen LogP contribution in [0.25, 0.3) is 0 Å². The van der Waals surface area contributed by atoms with E-state index in [1.54, 1.807) is 0 Å². The molecular formula is C19H22N4O4. The molecule has 1 aliphatic heterocycles. The van der Waals surface area contributed by atoms with Gasteiger partial charge in [-0.15, -0.1) is 0 Å². The predicted octanol–water partition coefficient (Wildman–Crippen LogP) is 1.97. The van der Waals surface area contributed by atoms with E-state index in [-0.39, 0.29) is 35.8 Å². The van der Waals surface area contributed by atoms with Crippen LogP contribution in [-0.4, -0.2) is 48.5 Å².